The Morgan fingerprint density at radius 3 is 2.86 bits per heavy atom. The maximum atomic E-state index is 5.50. The standard InChI is InChI=1S/C17H20N2O2/c1-11(2)4-5-14-7-13-6-12(16-9-18-10-21-16)8-15(20-3)17(13)19-14/h6,8-11H,4-5,7H2,1-3H3. The molecule has 2 heterocycles. The topological polar surface area (TPSA) is 47.6 Å². The van der Waals surface area contributed by atoms with Gasteiger partial charge in [0.05, 0.1) is 13.3 Å². The number of nitrogens with zero attached hydrogens (tertiary/aromatic N) is 2. The molecule has 4 heteroatoms. The molecule has 0 radical (unpaired) electrons. The van der Waals surface area contributed by atoms with E-state index >= 15 is 0 Å². The predicted octanol–water partition coefficient (Wildman–Crippen LogP) is 4.42. The van der Waals surface area contributed by atoms with Crippen molar-refractivity contribution in [1.82, 2.24) is 4.98 Å². The lowest BCUT2D eigenvalue weighted by atomic mass is 10.0. The van der Waals surface area contributed by atoms with Crippen LogP contribution in [0, 0.1) is 5.92 Å². The molecule has 4 nitrogen and oxygen atoms in total. The van der Waals surface area contributed by atoms with Crippen LogP contribution in [-0.2, 0) is 6.42 Å². The largest absolute Gasteiger partial charge is 0.494 e. The van der Waals surface area contributed by atoms with Gasteiger partial charge in [-0.2, -0.15) is 0 Å². The van der Waals surface area contributed by atoms with Gasteiger partial charge in [0.1, 0.15) is 11.4 Å². The van der Waals surface area contributed by atoms with Gasteiger partial charge in [-0.1, -0.05) is 13.8 Å². The van der Waals surface area contributed by atoms with Crippen molar-refractivity contribution in [3.05, 3.63) is 30.3 Å². The molecule has 0 fully saturated rings. The fourth-order valence-corrected chi connectivity index (χ4v) is 2.60. The van der Waals surface area contributed by atoms with E-state index in [9.17, 15) is 0 Å². The molecule has 1 aliphatic rings. The van der Waals surface area contributed by atoms with Crippen molar-refractivity contribution in [1.29, 1.82) is 0 Å². The fourth-order valence-electron chi connectivity index (χ4n) is 2.60. The summed E-state index contributed by atoms with van der Waals surface area (Å²) in [7, 11) is 1.68. The normalized spacial score (nSPS) is 13.4. The van der Waals surface area contributed by atoms with Crippen LogP contribution in [0.3, 0.4) is 0 Å². The summed E-state index contributed by atoms with van der Waals surface area (Å²) in [5.74, 6) is 2.26. The lowest BCUT2D eigenvalue weighted by Crippen LogP contribution is -2.00. The van der Waals surface area contributed by atoms with Gasteiger partial charge in [0, 0.05) is 17.7 Å². The molecule has 0 saturated heterocycles. The minimum absolute atomic E-state index is 0.697. The Labute approximate surface area is 124 Å². The van der Waals surface area contributed by atoms with Gasteiger partial charge >= 0.3 is 0 Å². The Balaban J connectivity index is 1.90. The molecule has 0 amide bonds. The number of fused-ring (bicyclic) bond motifs is 1. The number of ether oxygens (including phenoxy) is 1. The van der Waals surface area contributed by atoms with E-state index in [1.165, 1.54) is 24.1 Å². The zero-order chi connectivity index (χ0) is 14.8. The SMILES string of the molecule is COc1cc(-c2cnco2)cc2c1N=C(CCC(C)C)C2. The smallest absolute Gasteiger partial charge is 0.181 e. The highest BCUT2D eigenvalue weighted by Crippen LogP contribution is 2.40. The number of aliphatic imine (C=N–C) groups is 1. The molecule has 0 atom stereocenters. The minimum Gasteiger partial charge on any atom is -0.494 e. The number of rotatable bonds is 5. The average molecular weight is 284 g/mol. The molecule has 2 aromatic rings. The first-order chi connectivity index (χ1) is 10.2. The highest BCUT2D eigenvalue weighted by Gasteiger charge is 2.20. The van der Waals surface area contributed by atoms with Crippen LogP contribution in [0.5, 0.6) is 5.75 Å². The molecule has 0 aliphatic carbocycles. The summed E-state index contributed by atoms with van der Waals surface area (Å²) in [6.07, 6.45) is 6.29. The predicted molar refractivity (Wildman–Crippen MR) is 83.4 cm³/mol. The molecule has 0 bridgehead atoms. The summed E-state index contributed by atoms with van der Waals surface area (Å²) < 4.78 is 10.9. The van der Waals surface area contributed by atoms with Gasteiger partial charge in [-0.25, -0.2) is 4.98 Å². The second-order valence-electron chi connectivity index (χ2n) is 5.84. The van der Waals surface area contributed by atoms with Crippen LogP contribution in [0.15, 0.2) is 34.1 Å². The number of hydrogen-bond acceptors (Lipinski definition) is 4. The minimum atomic E-state index is 0.697. The van der Waals surface area contributed by atoms with Gasteiger partial charge in [-0.15, -0.1) is 0 Å². The first kappa shape index (κ1) is 13.9. The van der Waals surface area contributed by atoms with Crippen LogP contribution >= 0.6 is 0 Å². The summed E-state index contributed by atoms with van der Waals surface area (Å²) in [6.45, 7) is 4.48. The number of benzene rings is 1. The molecule has 1 aliphatic heterocycles. The van der Waals surface area contributed by atoms with Gasteiger partial charge in [0.25, 0.3) is 0 Å². The Bertz CT molecular complexity index is 658. The highest BCUT2D eigenvalue weighted by atomic mass is 16.5. The number of hydrogen-bond donors (Lipinski definition) is 0. The van der Waals surface area contributed by atoms with Crippen molar-refractivity contribution < 1.29 is 9.15 Å². The Morgan fingerprint density at radius 1 is 1.33 bits per heavy atom. The zero-order valence-corrected chi connectivity index (χ0v) is 12.7. The van der Waals surface area contributed by atoms with Crippen molar-refractivity contribution in [3.63, 3.8) is 0 Å². The van der Waals surface area contributed by atoms with Crippen LogP contribution in [-0.4, -0.2) is 17.8 Å². The Kier molecular flexibility index (Phi) is 3.78. The van der Waals surface area contributed by atoms with E-state index in [4.69, 9.17) is 14.1 Å². The highest BCUT2D eigenvalue weighted by molar-refractivity contribution is 5.96. The van der Waals surface area contributed by atoms with Gasteiger partial charge in [-0.3, -0.25) is 4.99 Å². The molecular formula is C17H20N2O2. The molecule has 3 rings (SSSR count). The zero-order valence-electron chi connectivity index (χ0n) is 12.7. The van der Waals surface area contributed by atoms with Crippen LogP contribution in [0.4, 0.5) is 5.69 Å². The quantitative estimate of drug-likeness (QED) is 0.816. The second kappa shape index (κ2) is 5.72. The van der Waals surface area contributed by atoms with E-state index in [2.05, 4.69) is 24.9 Å². The molecule has 1 aromatic heterocycles. The number of aromatic nitrogens is 1. The summed E-state index contributed by atoms with van der Waals surface area (Å²) in [6, 6.07) is 4.10. The van der Waals surface area contributed by atoms with Crippen LogP contribution in [0.1, 0.15) is 32.3 Å². The van der Waals surface area contributed by atoms with Gasteiger partial charge in [-0.05, 0) is 36.5 Å². The molecule has 0 saturated carbocycles. The second-order valence-corrected chi connectivity index (χ2v) is 5.84. The summed E-state index contributed by atoms with van der Waals surface area (Å²) in [5, 5.41) is 0. The molecule has 21 heavy (non-hydrogen) atoms. The molecule has 0 spiro atoms. The van der Waals surface area contributed by atoms with Gasteiger partial charge < -0.3 is 9.15 Å². The Morgan fingerprint density at radius 2 is 2.19 bits per heavy atom. The number of methoxy groups -OCH3 is 1. The molecule has 0 unspecified atom stereocenters. The fraction of sp³-hybridized carbons (Fsp3) is 0.412. The third kappa shape index (κ3) is 2.84. The lowest BCUT2D eigenvalue weighted by molar-refractivity contribution is 0.416. The van der Waals surface area contributed by atoms with Gasteiger partial charge in [0.2, 0.25) is 0 Å². The lowest BCUT2D eigenvalue weighted by Gasteiger charge is -2.07. The summed E-state index contributed by atoms with van der Waals surface area (Å²) in [5.41, 5.74) is 4.41. The first-order valence-corrected chi connectivity index (χ1v) is 7.33. The Hall–Kier alpha value is -2.10. The summed E-state index contributed by atoms with van der Waals surface area (Å²) >= 11 is 0. The molecule has 1 aromatic carbocycles. The van der Waals surface area contributed by atoms with Crippen molar-refractivity contribution >= 4 is 11.4 Å². The number of oxazole rings is 1. The van der Waals surface area contributed by atoms with Crippen LogP contribution < -0.4 is 4.74 Å². The third-order valence-corrected chi connectivity index (χ3v) is 3.77. The summed E-state index contributed by atoms with van der Waals surface area (Å²) in [4.78, 5) is 8.74. The van der Waals surface area contributed by atoms with E-state index in [1.54, 1.807) is 13.3 Å². The molecular weight excluding hydrogens is 264 g/mol. The van der Waals surface area contributed by atoms with E-state index in [0.29, 0.717) is 5.92 Å². The van der Waals surface area contributed by atoms with E-state index in [0.717, 1.165) is 35.6 Å². The van der Waals surface area contributed by atoms with E-state index < -0.39 is 0 Å². The maximum Gasteiger partial charge on any atom is 0.181 e. The maximum absolute atomic E-state index is 5.50. The first-order valence-electron chi connectivity index (χ1n) is 7.33. The van der Waals surface area contributed by atoms with Crippen LogP contribution in [0.2, 0.25) is 0 Å². The van der Waals surface area contributed by atoms with Crippen LogP contribution in [0.25, 0.3) is 11.3 Å². The van der Waals surface area contributed by atoms with E-state index in [1.807, 2.05) is 6.07 Å². The monoisotopic (exact) mass is 284 g/mol. The van der Waals surface area contributed by atoms with Crippen molar-refractivity contribution in [2.75, 3.05) is 7.11 Å². The molecule has 0 N–H and O–H groups in total. The van der Waals surface area contributed by atoms with Crippen molar-refractivity contribution in [3.8, 4) is 17.1 Å². The third-order valence-electron chi connectivity index (χ3n) is 3.77. The van der Waals surface area contributed by atoms with Crippen molar-refractivity contribution in [2.24, 2.45) is 10.9 Å². The molecule has 110 valence electrons. The average Bonchev–Trinajstić information content (AvgIpc) is 3.12. The van der Waals surface area contributed by atoms with E-state index in [-0.39, 0.29) is 0 Å². The van der Waals surface area contributed by atoms with Crippen molar-refractivity contribution in [2.45, 2.75) is 33.1 Å². The van der Waals surface area contributed by atoms with Gasteiger partial charge in [0.15, 0.2) is 12.2 Å².